The number of nitrogens with zero attached hydrogens (tertiary/aromatic N) is 3. The number of aromatic nitrogens is 2. The minimum absolute atomic E-state index is 0.497. The van der Waals surface area contributed by atoms with Gasteiger partial charge < -0.3 is 10.6 Å². The minimum Gasteiger partial charge on any atom is -0.340 e. The minimum atomic E-state index is 0.497. The number of nitriles is 1. The van der Waals surface area contributed by atoms with Gasteiger partial charge in [0.1, 0.15) is 5.82 Å². The first-order chi connectivity index (χ1) is 13.5. The second-order valence-corrected chi connectivity index (χ2v) is 6.69. The van der Waals surface area contributed by atoms with Crippen molar-refractivity contribution >= 4 is 23.1 Å². The van der Waals surface area contributed by atoms with E-state index in [2.05, 4.69) is 73.4 Å². The van der Waals surface area contributed by atoms with E-state index in [0.29, 0.717) is 11.5 Å². The van der Waals surface area contributed by atoms with Gasteiger partial charge in [0, 0.05) is 17.6 Å². The van der Waals surface area contributed by atoms with E-state index in [1.54, 1.807) is 18.3 Å². The molecule has 0 fully saturated rings. The first-order valence-electron chi connectivity index (χ1n) is 9.41. The fourth-order valence-electron chi connectivity index (χ4n) is 2.75. The van der Waals surface area contributed by atoms with Crippen molar-refractivity contribution in [2.24, 2.45) is 0 Å². The zero-order valence-electron chi connectivity index (χ0n) is 17.2. The lowest BCUT2D eigenvalue weighted by atomic mass is 10.1. The Labute approximate surface area is 167 Å². The highest BCUT2D eigenvalue weighted by Crippen LogP contribution is 2.25. The molecular weight excluding hydrogens is 346 g/mol. The molecule has 0 radical (unpaired) electrons. The second-order valence-electron chi connectivity index (χ2n) is 6.69. The van der Waals surface area contributed by atoms with Crippen molar-refractivity contribution in [1.82, 2.24) is 9.97 Å². The predicted molar refractivity (Wildman–Crippen MR) is 116 cm³/mol. The Kier molecular flexibility index (Phi) is 7.53. The number of anilines is 4. The van der Waals surface area contributed by atoms with Crippen molar-refractivity contribution in [2.75, 3.05) is 10.6 Å². The average Bonchev–Trinajstić information content (AvgIpc) is 2.66. The molecule has 1 heterocycles. The lowest BCUT2D eigenvalue weighted by Gasteiger charge is -2.14. The number of hydrogen-bond donors (Lipinski definition) is 2. The number of aryl methyl sites for hydroxylation is 3. The van der Waals surface area contributed by atoms with Gasteiger partial charge in [-0.15, -0.1) is 0 Å². The fraction of sp³-hybridized carbons (Fsp3) is 0.261. The molecule has 0 bridgehead atoms. The lowest BCUT2D eigenvalue weighted by molar-refractivity contribution is 1.09. The molecule has 2 aromatic carbocycles. The van der Waals surface area contributed by atoms with Gasteiger partial charge in [-0.05, 0) is 62.2 Å². The lowest BCUT2D eigenvalue weighted by Crippen LogP contribution is -2.02. The van der Waals surface area contributed by atoms with E-state index in [0.717, 1.165) is 17.2 Å². The third-order valence-electron chi connectivity index (χ3n) is 3.86. The Morgan fingerprint density at radius 2 is 1.54 bits per heavy atom. The Bertz CT molecular complexity index is 932. The van der Waals surface area contributed by atoms with Gasteiger partial charge in [0.15, 0.2) is 0 Å². The van der Waals surface area contributed by atoms with E-state index in [1.807, 2.05) is 18.2 Å². The van der Waals surface area contributed by atoms with Crippen molar-refractivity contribution in [3.05, 3.63) is 70.9 Å². The van der Waals surface area contributed by atoms with Crippen LogP contribution < -0.4 is 10.6 Å². The monoisotopic (exact) mass is 373 g/mol. The van der Waals surface area contributed by atoms with Crippen LogP contribution in [0.5, 0.6) is 0 Å². The highest BCUT2D eigenvalue weighted by atomic mass is 15.1. The Morgan fingerprint density at radius 3 is 2.11 bits per heavy atom. The molecule has 1 aromatic heterocycles. The number of benzene rings is 2. The molecule has 3 aromatic rings. The second kappa shape index (κ2) is 10.1. The molecule has 28 heavy (non-hydrogen) atoms. The molecule has 0 atom stereocenters. The van der Waals surface area contributed by atoms with Gasteiger partial charge in [0.25, 0.3) is 0 Å². The van der Waals surface area contributed by atoms with Gasteiger partial charge in [0.05, 0.1) is 11.6 Å². The third kappa shape index (κ3) is 5.82. The van der Waals surface area contributed by atoms with Crippen LogP contribution >= 0.6 is 0 Å². The Morgan fingerprint density at radius 1 is 0.929 bits per heavy atom. The van der Waals surface area contributed by atoms with Gasteiger partial charge in [-0.1, -0.05) is 38.0 Å². The van der Waals surface area contributed by atoms with Crippen LogP contribution in [0.15, 0.2) is 48.7 Å². The molecule has 0 aliphatic carbocycles. The molecule has 0 aliphatic rings. The summed E-state index contributed by atoms with van der Waals surface area (Å²) in [6.07, 6.45) is 2.96. The molecule has 0 saturated heterocycles. The smallest absolute Gasteiger partial charge is 0.229 e. The summed E-state index contributed by atoms with van der Waals surface area (Å²) in [4.78, 5) is 8.76. The predicted octanol–water partition coefficient (Wildman–Crippen LogP) is 6.18. The first kappa shape index (κ1) is 20.9. The van der Waals surface area contributed by atoms with Gasteiger partial charge in [-0.2, -0.15) is 10.2 Å². The summed E-state index contributed by atoms with van der Waals surface area (Å²) in [6, 6.07) is 15.4. The van der Waals surface area contributed by atoms with E-state index in [4.69, 9.17) is 5.26 Å². The van der Waals surface area contributed by atoms with E-state index in [9.17, 15) is 0 Å². The maximum atomic E-state index is 8.85. The maximum absolute atomic E-state index is 8.85. The summed E-state index contributed by atoms with van der Waals surface area (Å²) in [5, 5.41) is 15.4. The molecule has 0 saturated carbocycles. The normalized spacial score (nSPS) is 9.71. The number of nitrogens with one attached hydrogen (secondary N) is 2. The molecule has 144 valence electrons. The highest BCUT2D eigenvalue weighted by molar-refractivity contribution is 5.66. The summed E-state index contributed by atoms with van der Waals surface area (Å²) in [7, 11) is 0. The summed E-state index contributed by atoms with van der Waals surface area (Å²) in [5.41, 5.74) is 6.11. The molecule has 0 spiro atoms. The standard InChI is InChI=1S/C20H19N5.C3H8/c1-13-10-14(2)19(15(3)11-13)24-18-8-9-22-20(25-18)23-17-6-4-16(12-21)5-7-17;1-3-2/h4-11H,1-3H3,(H2,22,23,24,25);3H2,1-2H3. The van der Waals surface area contributed by atoms with Crippen molar-refractivity contribution < 1.29 is 0 Å². The Hall–Kier alpha value is -3.39. The van der Waals surface area contributed by atoms with E-state index in [-0.39, 0.29) is 0 Å². The van der Waals surface area contributed by atoms with E-state index >= 15 is 0 Å². The maximum Gasteiger partial charge on any atom is 0.229 e. The van der Waals surface area contributed by atoms with E-state index < -0.39 is 0 Å². The van der Waals surface area contributed by atoms with Crippen LogP contribution in [0.1, 0.15) is 42.5 Å². The van der Waals surface area contributed by atoms with Crippen LogP contribution in [-0.2, 0) is 0 Å². The van der Waals surface area contributed by atoms with Crippen LogP contribution in [0.3, 0.4) is 0 Å². The zero-order valence-corrected chi connectivity index (χ0v) is 17.2. The third-order valence-corrected chi connectivity index (χ3v) is 3.86. The fourth-order valence-corrected chi connectivity index (χ4v) is 2.75. The molecule has 0 aliphatic heterocycles. The van der Waals surface area contributed by atoms with Crippen LogP contribution in [0.25, 0.3) is 0 Å². The molecule has 5 nitrogen and oxygen atoms in total. The summed E-state index contributed by atoms with van der Waals surface area (Å²) < 4.78 is 0. The molecule has 0 unspecified atom stereocenters. The Balaban J connectivity index is 0.000000878. The van der Waals surface area contributed by atoms with Crippen LogP contribution in [0.2, 0.25) is 0 Å². The summed E-state index contributed by atoms with van der Waals surface area (Å²) in [6.45, 7) is 10.5. The van der Waals surface area contributed by atoms with Gasteiger partial charge in [-0.25, -0.2) is 4.98 Å². The van der Waals surface area contributed by atoms with Gasteiger partial charge >= 0.3 is 0 Å². The van der Waals surface area contributed by atoms with Crippen LogP contribution in [0, 0.1) is 32.1 Å². The number of rotatable bonds is 4. The topological polar surface area (TPSA) is 73.6 Å². The summed E-state index contributed by atoms with van der Waals surface area (Å²) in [5.74, 6) is 1.22. The first-order valence-corrected chi connectivity index (χ1v) is 9.41. The molecule has 3 rings (SSSR count). The molecule has 5 heteroatoms. The quantitative estimate of drug-likeness (QED) is 0.571. The molecule has 0 amide bonds. The largest absolute Gasteiger partial charge is 0.340 e. The van der Waals surface area contributed by atoms with Crippen molar-refractivity contribution in [3.63, 3.8) is 0 Å². The zero-order chi connectivity index (χ0) is 20.5. The highest BCUT2D eigenvalue weighted by Gasteiger charge is 2.06. The summed E-state index contributed by atoms with van der Waals surface area (Å²) >= 11 is 0. The molecule has 2 N–H and O–H groups in total. The molecular formula is C23H27N5. The average molecular weight is 374 g/mol. The van der Waals surface area contributed by atoms with Crippen LogP contribution in [0.4, 0.5) is 23.1 Å². The van der Waals surface area contributed by atoms with E-state index in [1.165, 1.54) is 23.1 Å². The van der Waals surface area contributed by atoms with Crippen molar-refractivity contribution in [3.8, 4) is 6.07 Å². The van der Waals surface area contributed by atoms with Gasteiger partial charge in [0.2, 0.25) is 5.95 Å². The van der Waals surface area contributed by atoms with Crippen molar-refractivity contribution in [1.29, 1.82) is 5.26 Å². The van der Waals surface area contributed by atoms with Crippen molar-refractivity contribution in [2.45, 2.75) is 41.0 Å². The SMILES string of the molecule is CCC.Cc1cc(C)c(Nc2ccnc(Nc3ccc(C#N)cc3)n2)c(C)c1. The van der Waals surface area contributed by atoms with Crippen LogP contribution in [-0.4, -0.2) is 9.97 Å². The number of hydrogen-bond acceptors (Lipinski definition) is 5. The van der Waals surface area contributed by atoms with Gasteiger partial charge in [-0.3, -0.25) is 0 Å².